The Hall–Kier alpha value is -2.13. The van der Waals surface area contributed by atoms with Crippen LogP contribution < -0.4 is 5.32 Å². The lowest BCUT2D eigenvalue weighted by molar-refractivity contribution is -0.125. The van der Waals surface area contributed by atoms with Crippen molar-refractivity contribution in [2.75, 3.05) is 39.0 Å². The molecule has 2 heterocycles. The Morgan fingerprint density at radius 3 is 2.13 bits per heavy atom. The number of carbonyl (C=O) groups excluding carboxylic acids is 2. The highest BCUT2D eigenvalue weighted by atomic mass is 35.5. The average Bonchev–Trinajstić information content (AvgIpc) is 3.63. The summed E-state index contributed by atoms with van der Waals surface area (Å²) < 4.78 is 23.8. The molecule has 2 amide bonds. The predicted octanol–water partition coefficient (Wildman–Crippen LogP) is 4.84. The summed E-state index contributed by atoms with van der Waals surface area (Å²) in [6.07, 6.45) is 6.15. The minimum Gasteiger partial charge on any atom is -0.349 e. The van der Waals surface area contributed by atoms with Crippen LogP contribution in [0.2, 0.25) is 10.0 Å². The molecule has 3 atom stereocenters. The Labute approximate surface area is 240 Å². The number of nitrogens with zero attached hydrogens (tertiary/aromatic N) is 2. The van der Waals surface area contributed by atoms with Crippen LogP contribution in [0.5, 0.6) is 0 Å². The predicted molar refractivity (Wildman–Crippen MR) is 153 cm³/mol. The van der Waals surface area contributed by atoms with Gasteiger partial charge in [0.15, 0.2) is 9.84 Å². The largest absolute Gasteiger partial charge is 0.349 e. The van der Waals surface area contributed by atoms with Crippen LogP contribution in [0, 0.1) is 17.8 Å². The second-order valence-electron chi connectivity index (χ2n) is 11.3. The van der Waals surface area contributed by atoms with Gasteiger partial charge < -0.3 is 15.1 Å². The van der Waals surface area contributed by atoms with Gasteiger partial charge in [0.25, 0.3) is 5.91 Å². The first-order valence-corrected chi connectivity index (χ1v) is 16.3. The van der Waals surface area contributed by atoms with Crippen molar-refractivity contribution in [1.82, 2.24) is 15.1 Å². The highest BCUT2D eigenvalue weighted by Crippen LogP contribution is 2.36. The molecule has 10 heteroatoms. The molecule has 2 unspecified atom stereocenters. The van der Waals surface area contributed by atoms with E-state index in [1.807, 2.05) is 18.2 Å². The number of amides is 2. The van der Waals surface area contributed by atoms with Crippen LogP contribution in [0.25, 0.3) is 0 Å². The molecule has 0 bridgehead atoms. The Balaban J connectivity index is 1.18. The van der Waals surface area contributed by atoms with Gasteiger partial charge in [-0.05, 0) is 48.8 Å². The minimum atomic E-state index is -3.49. The van der Waals surface area contributed by atoms with Crippen LogP contribution >= 0.6 is 23.2 Å². The van der Waals surface area contributed by atoms with Crippen LogP contribution in [-0.4, -0.2) is 69.0 Å². The Bertz CT molecular complexity index is 1290. The van der Waals surface area contributed by atoms with Crippen molar-refractivity contribution in [2.45, 2.75) is 43.0 Å². The number of hydrogen-bond acceptors (Lipinski definition) is 5. The van der Waals surface area contributed by atoms with Crippen LogP contribution in [0.15, 0.2) is 47.4 Å². The smallest absolute Gasteiger partial charge is 0.256 e. The fourth-order valence-electron chi connectivity index (χ4n) is 6.36. The fourth-order valence-corrected chi connectivity index (χ4v) is 7.80. The number of halogens is 2. The molecule has 39 heavy (non-hydrogen) atoms. The number of hydrogen-bond donors (Lipinski definition) is 1. The fraction of sp³-hybridized carbons (Fsp3) is 0.517. The minimum absolute atomic E-state index is 0.00350. The Morgan fingerprint density at radius 2 is 1.56 bits per heavy atom. The van der Waals surface area contributed by atoms with Gasteiger partial charge in [-0.2, -0.15) is 0 Å². The van der Waals surface area contributed by atoms with Crippen LogP contribution in [-0.2, 0) is 14.6 Å². The zero-order chi connectivity index (χ0) is 27.7. The molecule has 0 radical (unpaired) electrons. The zero-order valence-corrected chi connectivity index (χ0v) is 24.4. The Kier molecular flexibility index (Phi) is 8.57. The van der Waals surface area contributed by atoms with E-state index >= 15 is 0 Å². The van der Waals surface area contributed by atoms with Gasteiger partial charge in [0.05, 0.1) is 26.5 Å². The lowest BCUT2D eigenvalue weighted by Gasteiger charge is -2.26. The number of nitrogens with one attached hydrogen (secondary N) is 1. The molecule has 3 aliphatic rings. The number of rotatable bonds is 8. The first-order chi connectivity index (χ1) is 18.6. The standard InChI is InChI=1S/C29H35Cl2N3O4S/c1-39(37,38)23-13-24(30)27(25(31)14-23)29(36)34-17-21-15-33(16-22(21)18-34)12-11-26(19-7-3-2-4-8-19)32-28(35)20-9-5-6-10-20/h2-4,7-8,13-14,20-22,26H,5-6,9-12,15-18H2,1H3,(H,32,35)/t21-,22?,26?/m0/s1. The van der Waals surface area contributed by atoms with Gasteiger partial charge in [-0.15, -0.1) is 0 Å². The SMILES string of the molecule is CS(=O)(=O)c1cc(Cl)c(C(=O)N2CC3CN(CCC(NC(=O)C4CCCC4)c4ccccc4)C[C@H]3C2)c(Cl)c1. The van der Waals surface area contributed by atoms with Crippen molar-refractivity contribution >= 4 is 44.9 Å². The summed E-state index contributed by atoms with van der Waals surface area (Å²) in [5, 5.41) is 3.44. The van der Waals surface area contributed by atoms with Gasteiger partial charge in [0, 0.05) is 44.9 Å². The maximum Gasteiger partial charge on any atom is 0.256 e. The number of sulfone groups is 1. The van der Waals surface area contributed by atoms with Crippen molar-refractivity contribution < 1.29 is 18.0 Å². The average molecular weight is 593 g/mol. The van der Waals surface area contributed by atoms with Gasteiger partial charge in [-0.1, -0.05) is 66.4 Å². The van der Waals surface area contributed by atoms with Crippen LogP contribution in [0.3, 0.4) is 0 Å². The molecular weight excluding hydrogens is 557 g/mol. The van der Waals surface area contributed by atoms with E-state index in [-0.39, 0.29) is 44.3 Å². The first-order valence-electron chi connectivity index (χ1n) is 13.7. The van der Waals surface area contributed by atoms with Crippen LogP contribution in [0.1, 0.15) is 54.1 Å². The summed E-state index contributed by atoms with van der Waals surface area (Å²) in [4.78, 5) is 30.4. The first kappa shape index (κ1) is 28.4. The summed E-state index contributed by atoms with van der Waals surface area (Å²) >= 11 is 12.6. The van der Waals surface area contributed by atoms with Gasteiger partial charge >= 0.3 is 0 Å². The molecular formula is C29H35Cl2N3O4S. The molecule has 3 fully saturated rings. The number of fused-ring (bicyclic) bond motifs is 1. The van der Waals surface area contributed by atoms with E-state index in [0.717, 1.165) is 63.6 Å². The molecule has 210 valence electrons. The maximum absolute atomic E-state index is 13.3. The van der Waals surface area contributed by atoms with Gasteiger partial charge in [-0.25, -0.2) is 8.42 Å². The van der Waals surface area contributed by atoms with E-state index in [2.05, 4.69) is 22.3 Å². The topological polar surface area (TPSA) is 86.8 Å². The van der Waals surface area contributed by atoms with Gasteiger partial charge in [0.2, 0.25) is 5.91 Å². The van der Waals surface area contributed by atoms with E-state index in [4.69, 9.17) is 23.2 Å². The summed E-state index contributed by atoms with van der Waals surface area (Å²) in [5.41, 5.74) is 1.29. The number of carbonyl (C=O) groups is 2. The molecule has 5 rings (SSSR count). The van der Waals surface area contributed by atoms with E-state index in [1.54, 1.807) is 4.90 Å². The van der Waals surface area contributed by atoms with E-state index in [1.165, 1.54) is 12.1 Å². The third-order valence-corrected chi connectivity index (χ3v) is 10.2. The van der Waals surface area contributed by atoms with Gasteiger partial charge in [0.1, 0.15) is 0 Å². The molecule has 0 aromatic heterocycles. The molecule has 0 spiro atoms. The van der Waals surface area contributed by atoms with Gasteiger partial charge in [-0.3, -0.25) is 9.59 Å². The van der Waals surface area contributed by atoms with Crippen molar-refractivity contribution in [2.24, 2.45) is 17.8 Å². The van der Waals surface area contributed by atoms with Crippen molar-refractivity contribution in [3.63, 3.8) is 0 Å². The molecule has 7 nitrogen and oxygen atoms in total. The maximum atomic E-state index is 13.3. The third-order valence-electron chi connectivity index (χ3n) is 8.49. The molecule has 2 aliphatic heterocycles. The summed E-state index contributed by atoms with van der Waals surface area (Å²) in [6.45, 7) is 3.88. The molecule has 1 aliphatic carbocycles. The van der Waals surface area contributed by atoms with E-state index in [0.29, 0.717) is 24.9 Å². The molecule has 2 saturated heterocycles. The van der Waals surface area contributed by atoms with Crippen molar-refractivity contribution in [3.05, 3.63) is 63.6 Å². The lowest BCUT2D eigenvalue weighted by Crippen LogP contribution is -2.36. The molecule has 1 saturated carbocycles. The van der Waals surface area contributed by atoms with E-state index in [9.17, 15) is 18.0 Å². The summed E-state index contributed by atoms with van der Waals surface area (Å²) in [7, 11) is -3.49. The second kappa shape index (κ2) is 11.8. The lowest BCUT2D eigenvalue weighted by atomic mass is 10.0. The number of likely N-dealkylation sites (tertiary alicyclic amines) is 2. The molecule has 1 N–H and O–H groups in total. The monoisotopic (exact) mass is 591 g/mol. The highest BCUT2D eigenvalue weighted by molar-refractivity contribution is 7.90. The normalized spacial score (nSPS) is 22.7. The number of benzene rings is 2. The van der Waals surface area contributed by atoms with Crippen LogP contribution in [0.4, 0.5) is 0 Å². The molecule has 2 aromatic rings. The van der Waals surface area contributed by atoms with Crippen molar-refractivity contribution in [3.8, 4) is 0 Å². The van der Waals surface area contributed by atoms with E-state index < -0.39 is 9.84 Å². The summed E-state index contributed by atoms with van der Waals surface area (Å²) in [6, 6.07) is 12.8. The second-order valence-corrected chi connectivity index (χ2v) is 14.1. The third kappa shape index (κ3) is 6.45. The Morgan fingerprint density at radius 1 is 0.974 bits per heavy atom. The quantitative estimate of drug-likeness (QED) is 0.474. The zero-order valence-electron chi connectivity index (χ0n) is 22.1. The highest BCUT2D eigenvalue weighted by Gasteiger charge is 2.42. The summed E-state index contributed by atoms with van der Waals surface area (Å²) in [5.74, 6) is 0.756. The van der Waals surface area contributed by atoms with Crippen molar-refractivity contribution in [1.29, 1.82) is 0 Å². The molecule has 2 aromatic carbocycles.